The maximum Gasteiger partial charge on any atom is 0.133 e. The molecule has 31 heavy (non-hydrogen) atoms. The van der Waals surface area contributed by atoms with Gasteiger partial charge in [0.15, 0.2) is 0 Å². The van der Waals surface area contributed by atoms with Crippen molar-refractivity contribution in [3.63, 3.8) is 0 Å². The molecule has 0 bridgehead atoms. The highest BCUT2D eigenvalue weighted by atomic mass is 32.2. The summed E-state index contributed by atoms with van der Waals surface area (Å²) in [5.74, 6) is 1.80. The SMILES string of the molecule is CCN(CC)CCOc1ccc2ccccc2c1Sc1c(OC)ccc2ccccc12. The van der Waals surface area contributed by atoms with Gasteiger partial charge in [-0.3, -0.25) is 0 Å². The van der Waals surface area contributed by atoms with Gasteiger partial charge in [-0.1, -0.05) is 86.3 Å². The Hall–Kier alpha value is -2.69. The van der Waals surface area contributed by atoms with E-state index in [-0.39, 0.29) is 0 Å². The zero-order chi connectivity index (χ0) is 21.6. The summed E-state index contributed by atoms with van der Waals surface area (Å²) < 4.78 is 12.1. The lowest BCUT2D eigenvalue weighted by molar-refractivity contribution is 0.220. The molecule has 0 aromatic heterocycles. The predicted molar refractivity (Wildman–Crippen MR) is 132 cm³/mol. The molecule has 0 N–H and O–H groups in total. The number of ether oxygens (including phenoxy) is 2. The van der Waals surface area contributed by atoms with E-state index in [4.69, 9.17) is 9.47 Å². The van der Waals surface area contributed by atoms with Crippen molar-refractivity contribution in [3.8, 4) is 11.5 Å². The molecule has 0 radical (unpaired) electrons. The summed E-state index contributed by atoms with van der Waals surface area (Å²) in [4.78, 5) is 4.62. The van der Waals surface area contributed by atoms with E-state index in [9.17, 15) is 0 Å². The predicted octanol–water partition coefficient (Wildman–Crippen LogP) is 6.87. The molecular weight excluding hydrogens is 402 g/mol. The van der Waals surface area contributed by atoms with Gasteiger partial charge in [0.25, 0.3) is 0 Å². The Balaban J connectivity index is 1.77. The van der Waals surface area contributed by atoms with Crippen LogP contribution >= 0.6 is 11.8 Å². The standard InChI is InChI=1S/C27H29NO2S/c1-4-28(5-2)18-19-30-25-17-15-21-11-7-9-13-23(21)27(25)31-26-22-12-8-6-10-20(22)14-16-24(26)29-3/h6-17H,4-5,18-19H2,1-3H3. The quantitative estimate of drug-likeness (QED) is 0.288. The third-order valence-electron chi connectivity index (χ3n) is 5.67. The molecule has 160 valence electrons. The van der Waals surface area contributed by atoms with Crippen LogP contribution in [0.3, 0.4) is 0 Å². The van der Waals surface area contributed by atoms with Crippen molar-refractivity contribution in [2.45, 2.75) is 23.6 Å². The summed E-state index contributed by atoms with van der Waals surface area (Å²) in [6, 6.07) is 25.4. The minimum absolute atomic E-state index is 0.667. The average Bonchev–Trinajstić information content (AvgIpc) is 2.83. The fourth-order valence-electron chi connectivity index (χ4n) is 3.86. The van der Waals surface area contributed by atoms with E-state index in [2.05, 4.69) is 91.5 Å². The molecule has 0 amide bonds. The minimum Gasteiger partial charge on any atom is -0.496 e. The van der Waals surface area contributed by atoms with E-state index in [1.165, 1.54) is 21.5 Å². The van der Waals surface area contributed by atoms with Crippen LogP contribution < -0.4 is 9.47 Å². The second-order valence-electron chi connectivity index (χ2n) is 7.41. The molecule has 0 saturated heterocycles. The first-order valence-electron chi connectivity index (χ1n) is 10.9. The van der Waals surface area contributed by atoms with Crippen molar-refractivity contribution in [3.05, 3.63) is 72.8 Å². The highest BCUT2D eigenvalue weighted by molar-refractivity contribution is 8.00. The van der Waals surface area contributed by atoms with Crippen molar-refractivity contribution < 1.29 is 9.47 Å². The van der Waals surface area contributed by atoms with Gasteiger partial charge in [-0.15, -0.1) is 0 Å². The zero-order valence-corrected chi connectivity index (χ0v) is 19.2. The Bertz CT molecular complexity index is 1170. The van der Waals surface area contributed by atoms with Gasteiger partial charge < -0.3 is 14.4 Å². The molecule has 4 heteroatoms. The van der Waals surface area contributed by atoms with Crippen LogP contribution in [-0.4, -0.2) is 38.3 Å². The fourth-order valence-corrected chi connectivity index (χ4v) is 5.13. The molecule has 0 saturated carbocycles. The molecule has 4 aromatic carbocycles. The van der Waals surface area contributed by atoms with Gasteiger partial charge in [-0.25, -0.2) is 0 Å². The Labute approximate surface area is 189 Å². The zero-order valence-electron chi connectivity index (χ0n) is 18.4. The highest BCUT2D eigenvalue weighted by Crippen LogP contribution is 2.46. The number of methoxy groups -OCH3 is 1. The average molecular weight is 432 g/mol. The number of hydrogen-bond donors (Lipinski definition) is 0. The van der Waals surface area contributed by atoms with Crippen LogP contribution in [0.25, 0.3) is 21.5 Å². The number of hydrogen-bond acceptors (Lipinski definition) is 4. The van der Waals surface area contributed by atoms with Gasteiger partial charge >= 0.3 is 0 Å². The molecular formula is C27H29NO2S. The van der Waals surface area contributed by atoms with Gasteiger partial charge in [-0.2, -0.15) is 0 Å². The van der Waals surface area contributed by atoms with E-state index >= 15 is 0 Å². The first-order chi connectivity index (χ1) is 15.2. The van der Waals surface area contributed by atoms with E-state index in [0.717, 1.165) is 40.9 Å². The largest absolute Gasteiger partial charge is 0.496 e. The van der Waals surface area contributed by atoms with Crippen molar-refractivity contribution in [2.75, 3.05) is 33.4 Å². The highest BCUT2D eigenvalue weighted by Gasteiger charge is 2.16. The third-order valence-corrected chi connectivity index (χ3v) is 6.92. The summed E-state index contributed by atoms with van der Waals surface area (Å²) in [5, 5.41) is 4.80. The normalized spacial score (nSPS) is 11.4. The van der Waals surface area contributed by atoms with Crippen LogP contribution in [0.1, 0.15) is 13.8 Å². The Kier molecular flexibility index (Phi) is 7.00. The Morgan fingerprint density at radius 1 is 0.710 bits per heavy atom. The van der Waals surface area contributed by atoms with Crippen molar-refractivity contribution in [1.82, 2.24) is 4.90 Å². The van der Waals surface area contributed by atoms with Crippen LogP contribution in [-0.2, 0) is 0 Å². The van der Waals surface area contributed by atoms with Crippen molar-refractivity contribution in [1.29, 1.82) is 0 Å². The lowest BCUT2D eigenvalue weighted by Gasteiger charge is -2.20. The van der Waals surface area contributed by atoms with Crippen LogP contribution in [0, 0.1) is 0 Å². The summed E-state index contributed by atoms with van der Waals surface area (Å²) >= 11 is 1.73. The fraction of sp³-hybridized carbons (Fsp3) is 0.259. The van der Waals surface area contributed by atoms with E-state index in [0.29, 0.717) is 6.61 Å². The summed E-state index contributed by atoms with van der Waals surface area (Å²) in [6.45, 7) is 8.03. The van der Waals surface area contributed by atoms with E-state index in [1.807, 2.05) is 0 Å². The lowest BCUT2D eigenvalue weighted by Crippen LogP contribution is -2.27. The molecule has 0 aliphatic heterocycles. The van der Waals surface area contributed by atoms with Gasteiger partial charge in [0.05, 0.1) is 16.9 Å². The number of nitrogens with zero attached hydrogens (tertiary/aromatic N) is 1. The first kappa shape index (κ1) is 21.5. The van der Waals surface area contributed by atoms with Gasteiger partial charge in [0.1, 0.15) is 18.1 Å². The molecule has 0 aliphatic carbocycles. The second-order valence-corrected chi connectivity index (χ2v) is 8.43. The van der Waals surface area contributed by atoms with Crippen LogP contribution in [0.2, 0.25) is 0 Å². The maximum absolute atomic E-state index is 6.33. The van der Waals surface area contributed by atoms with Crippen LogP contribution in [0.4, 0.5) is 0 Å². The van der Waals surface area contributed by atoms with Crippen LogP contribution in [0.5, 0.6) is 11.5 Å². The number of rotatable bonds is 9. The Morgan fingerprint density at radius 2 is 1.26 bits per heavy atom. The number of likely N-dealkylation sites (N-methyl/N-ethyl adjacent to an activating group) is 1. The molecule has 0 unspecified atom stereocenters. The molecule has 0 spiro atoms. The maximum atomic E-state index is 6.33. The second kappa shape index (κ2) is 10.1. The number of benzene rings is 4. The minimum atomic E-state index is 0.667. The smallest absolute Gasteiger partial charge is 0.133 e. The monoisotopic (exact) mass is 431 g/mol. The van der Waals surface area contributed by atoms with Gasteiger partial charge in [0, 0.05) is 6.54 Å². The summed E-state index contributed by atoms with van der Waals surface area (Å²) in [5.41, 5.74) is 0. The molecule has 4 rings (SSSR count). The summed E-state index contributed by atoms with van der Waals surface area (Å²) in [7, 11) is 1.73. The topological polar surface area (TPSA) is 21.7 Å². The van der Waals surface area contributed by atoms with Gasteiger partial charge in [-0.05, 0) is 46.8 Å². The Morgan fingerprint density at radius 3 is 1.84 bits per heavy atom. The van der Waals surface area contributed by atoms with E-state index in [1.54, 1.807) is 18.9 Å². The third kappa shape index (κ3) is 4.65. The summed E-state index contributed by atoms with van der Waals surface area (Å²) in [6.07, 6.45) is 0. The molecule has 0 atom stereocenters. The van der Waals surface area contributed by atoms with Crippen LogP contribution in [0.15, 0.2) is 82.6 Å². The van der Waals surface area contributed by atoms with Gasteiger partial charge in [0.2, 0.25) is 0 Å². The first-order valence-corrected chi connectivity index (χ1v) is 11.7. The molecule has 0 aliphatic rings. The van der Waals surface area contributed by atoms with E-state index < -0.39 is 0 Å². The lowest BCUT2D eigenvalue weighted by atomic mass is 10.1. The molecule has 3 nitrogen and oxygen atoms in total. The number of fused-ring (bicyclic) bond motifs is 2. The molecule has 4 aromatic rings. The molecule has 0 fully saturated rings. The molecule has 0 heterocycles. The van der Waals surface area contributed by atoms with Crippen molar-refractivity contribution >= 4 is 33.3 Å². The van der Waals surface area contributed by atoms with Crippen molar-refractivity contribution in [2.24, 2.45) is 0 Å².